The highest BCUT2D eigenvalue weighted by Gasteiger charge is 2.18. The molecule has 3 rings (SSSR count). The third-order valence-corrected chi connectivity index (χ3v) is 3.75. The van der Waals surface area contributed by atoms with Crippen LogP contribution in [0.2, 0.25) is 0 Å². The van der Waals surface area contributed by atoms with Crippen LogP contribution >= 0.6 is 11.3 Å². The van der Waals surface area contributed by atoms with Gasteiger partial charge in [-0.15, -0.1) is 11.3 Å². The van der Waals surface area contributed by atoms with E-state index >= 15 is 0 Å². The SMILES string of the molecule is Cc1c(C(=O)Cc2cncs2)oc2ccc(F)cc12. The Bertz CT molecular complexity index is 746. The number of nitrogens with zero attached hydrogens (tertiary/aromatic N) is 1. The number of Topliss-reactive ketones (excluding diaryl/α,β-unsaturated/α-hetero) is 1. The van der Waals surface area contributed by atoms with Gasteiger partial charge in [0.05, 0.1) is 11.9 Å². The van der Waals surface area contributed by atoms with Crippen LogP contribution in [0.3, 0.4) is 0 Å². The molecular formula is C14H10FNO2S. The van der Waals surface area contributed by atoms with Gasteiger partial charge in [-0.1, -0.05) is 0 Å². The van der Waals surface area contributed by atoms with E-state index in [4.69, 9.17) is 4.42 Å². The lowest BCUT2D eigenvalue weighted by molar-refractivity contribution is 0.0968. The van der Waals surface area contributed by atoms with Crippen molar-refractivity contribution in [3.8, 4) is 0 Å². The molecule has 0 saturated carbocycles. The Morgan fingerprint density at radius 3 is 3.05 bits per heavy atom. The average Bonchev–Trinajstić information content (AvgIpc) is 2.98. The zero-order valence-corrected chi connectivity index (χ0v) is 11.0. The van der Waals surface area contributed by atoms with Gasteiger partial charge in [-0.3, -0.25) is 9.78 Å². The number of hydrogen-bond donors (Lipinski definition) is 0. The molecule has 0 spiro atoms. The van der Waals surface area contributed by atoms with Crippen LogP contribution in [0, 0.1) is 12.7 Å². The second kappa shape index (κ2) is 4.59. The zero-order chi connectivity index (χ0) is 13.4. The van der Waals surface area contributed by atoms with Crippen molar-refractivity contribution in [3.63, 3.8) is 0 Å². The number of benzene rings is 1. The third-order valence-electron chi connectivity index (χ3n) is 2.97. The fourth-order valence-electron chi connectivity index (χ4n) is 2.03. The third kappa shape index (κ3) is 2.17. The normalized spacial score (nSPS) is 11.1. The van der Waals surface area contributed by atoms with Gasteiger partial charge in [0.1, 0.15) is 11.4 Å². The standard InChI is InChI=1S/C14H10FNO2S/c1-8-11-4-9(15)2-3-13(11)18-14(8)12(17)5-10-6-16-7-19-10/h2-4,6-7H,5H2,1H3. The minimum absolute atomic E-state index is 0.113. The summed E-state index contributed by atoms with van der Waals surface area (Å²) in [5, 5.41) is 0.646. The molecule has 3 nitrogen and oxygen atoms in total. The Hall–Kier alpha value is -2.01. The van der Waals surface area contributed by atoms with Gasteiger partial charge < -0.3 is 4.42 Å². The van der Waals surface area contributed by atoms with Gasteiger partial charge >= 0.3 is 0 Å². The molecular weight excluding hydrogens is 265 g/mol. The van der Waals surface area contributed by atoms with Crippen LogP contribution in [0.1, 0.15) is 21.0 Å². The molecule has 0 aliphatic heterocycles. The molecule has 0 N–H and O–H groups in total. The topological polar surface area (TPSA) is 43.1 Å². The summed E-state index contributed by atoms with van der Waals surface area (Å²) >= 11 is 1.43. The van der Waals surface area contributed by atoms with Gasteiger partial charge in [0.25, 0.3) is 0 Å². The van der Waals surface area contributed by atoms with E-state index in [1.54, 1.807) is 24.7 Å². The van der Waals surface area contributed by atoms with Crippen LogP contribution in [0.15, 0.2) is 34.3 Å². The van der Waals surface area contributed by atoms with Gasteiger partial charge in [0, 0.05) is 22.0 Å². The zero-order valence-electron chi connectivity index (χ0n) is 10.1. The highest BCUT2D eigenvalue weighted by atomic mass is 32.1. The molecule has 2 heterocycles. The number of carbonyl (C=O) groups excluding carboxylic acids is 1. The number of carbonyl (C=O) groups is 1. The molecule has 0 atom stereocenters. The van der Waals surface area contributed by atoms with E-state index in [1.807, 2.05) is 0 Å². The minimum Gasteiger partial charge on any atom is -0.453 e. The molecule has 0 fully saturated rings. The number of aryl methyl sites for hydroxylation is 1. The second-order valence-corrected chi connectivity index (χ2v) is 5.24. The van der Waals surface area contributed by atoms with E-state index in [0.717, 1.165) is 4.88 Å². The van der Waals surface area contributed by atoms with Gasteiger partial charge in [-0.05, 0) is 25.1 Å². The van der Waals surface area contributed by atoms with Crippen LogP contribution in [-0.4, -0.2) is 10.8 Å². The molecule has 19 heavy (non-hydrogen) atoms. The first-order chi connectivity index (χ1) is 9.15. The predicted molar refractivity (Wildman–Crippen MR) is 71.1 cm³/mol. The smallest absolute Gasteiger partial charge is 0.203 e. The first-order valence-electron chi connectivity index (χ1n) is 5.74. The molecule has 96 valence electrons. The molecule has 0 radical (unpaired) electrons. The number of thiazole rings is 1. The van der Waals surface area contributed by atoms with E-state index in [0.29, 0.717) is 22.3 Å². The molecule has 0 aliphatic rings. The number of furan rings is 1. The van der Waals surface area contributed by atoms with Crippen molar-refractivity contribution in [2.45, 2.75) is 13.3 Å². The van der Waals surface area contributed by atoms with E-state index in [-0.39, 0.29) is 18.0 Å². The van der Waals surface area contributed by atoms with Crippen LogP contribution < -0.4 is 0 Å². The molecule has 0 saturated heterocycles. The maximum atomic E-state index is 13.2. The van der Waals surface area contributed by atoms with Crippen molar-refractivity contribution in [1.82, 2.24) is 4.98 Å². The first kappa shape index (κ1) is 12.0. The lowest BCUT2D eigenvalue weighted by Crippen LogP contribution is -2.02. The number of halogens is 1. The van der Waals surface area contributed by atoms with Crippen molar-refractivity contribution in [2.24, 2.45) is 0 Å². The molecule has 0 aliphatic carbocycles. The summed E-state index contributed by atoms with van der Waals surface area (Å²) < 4.78 is 18.7. The summed E-state index contributed by atoms with van der Waals surface area (Å²) in [6.45, 7) is 1.77. The summed E-state index contributed by atoms with van der Waals surface area (Å²) in [6.07, 6.45) is 1.92. The molecule has 0 unspecified atom stereocenters. The summed E-state index contributed by atoms with van der Waals surface area (Å²) in [5.41, 5.74) is 2.90. The quantitative estimate of drug-likeness (QED) is 0.683. The number of rotatable bonds is 3. The summed E-state index contributed by atoms with van der Waals surface area (Å²) in [4.78, 5) is 17.0. The van der Waals surface area contributed by atoms with E-state index in [2.05, 4.69) is 4.98 Å². The van der Waals surface area contributed by atoms with Gasteiger partial charge in [0.2, 0.25) is 5.78 Å². The highest BCUT2D eigenvalue weighted by molar-refractivity contribution is 7.09. The Labute approximate surface area is 112 Å². The predicted octanol–water partition coefficient (Wildman–Crippen LogP) is 3.76. The largest absolute Gasteiger partial charge is 0.453 e. The van der Waals surface area contributed by atoms with Crippen LogP contribution in [-0.2, 0) is 6.42 Å². The summed E-state index contributed by atoms with van der Waals surface area (Å²) in [5.74, 6) is -0.148. The fraction of sp³-hybridized carbons (Fsp3) is 0.143. The van der Waals surface area contributed by atoms with Crippen molar-refractivity contribution >= 4 is 28.1 Å². The van der Waals surface area contributed by atoms with Crippen LogP contribution in [0.25, 0.3) is 11.0 Å². The highest BCUT2D eigenvalue weighted by Crippen LogP contribution is 2.27. The number of aromatic nitrogens is 1. The molecule has 3 aromatic rings. The monoisotopic (exact) mass is 275 g/mol. The van der Waals surface area contributed by atoms with Crippen LogP contribution in [0.4, 0.5) is 4.39 Å². The number of ketones is 1. The average molecular weight is 275 g/mol. The van der Waals surface area contributed by atoms with Gasteiger partial charge in [-0.25, -0.2) is 4.39 Å². The summed E-state index contributed by atoms with van der Waals surface area (Å²) in [7, 11) is 0. The fourth-order valence-corrected chi connectivity index (χ4v) is 2.62. The molecule has 0 bridgehead atoms. The molecule has 0 amide bonds. The van der Waals surface area contributed by atoms with E-state index in [1.165, 1.54) is 23.5 Å². The lowest BCUT2D eigenvalue weighted by Gasteiger charge is -1.95. The van der Waals surface area contributed by atoms with Crippen molar-refractivity contribution in [3.05, 3.63) is 51.9 Å². The summed E-state index contributed by atoms with van der Waals surface area (Å²) in [6, 6.07) is 4.25. The molecule has 5 heteroatoms. The Kier molecular flexibility index (Phi) is 2.91. The van der Waals surface area contributed by atoms with Crippen molar-refractivity contribution in [2.75, 3.05) is 0 Å². The van der Waals surface area contributed by atoms with Crippen molar-refractivity contribution in [1.29, 1.82) is 0 Å². The Morgan fingerprint density at radius 1 is 1.47 bits per heavy atom. The lowest BCUT2D eigenvalue weighted by atomic mass is 10.1. The van der Waals surface area contributed by atoms with E-state index in [9.17, 15) is 9.18 Å². The number of fused-ring (bicyclic) bond motifs is 1. The molecule has 2 aromatic heterocycles. The van der Waals surface area contributed by atoms with Gasteiger partial charge in [0.15, 0.2) is 5.76 Å². The Balaban J connectivity index is 2.00. The maximum Gasteiger partial charge on any atom is 0.203 e. The first-order valence-corrected chi connectivity index (χ1v) is 6.62. The minimum atomic E-state index is -0.335. The van der Waals surface area contributed by atoms with E-state index < -0.39 is 0 Å². The number of hydrogen-bond acceptors (Lipinski definition) is 4. The molecule has 1 aromatic carbocycles. The van der Waals surface area contributed by atoms with Gasteiger partial charge in [-0.2, -0.15) is 0 Å². The Morgan fingerprint density at radius 2 is 2.32 bits per heavy atom. The second-order valence-electron chi connectivity index (χ2n) is 4.26. The van der Waals surface area contributed by atoms with Crippen molar-refractivity contribution < 1.29 is 13.6 Å². The van der Waals surface area contributed by atoms with Crippen LogP contribution in [0.5, 0.6) is 0 Å². The maximum absolute atomic E-state index is 13.2.